The number of aryl methyl sites for hydroxylation is 3. The minimum absolute atomic E-state index is 0.110. The summed E-state index contributed by atoms with van der Waals surface area (Å²) in [7, 11) is 0. The van der Waals surface area contributed by atoms with Crippen molar-refractivity contribution in [1.29, 1.82) is 0 Å². The van der Waals surface area contributed by atoms with Crippen LogP contribution in [0.2, 0.25) is 0 Å². The Morgan fingerprint density at radius 1 is 0.895 bits per heavy atom. The molecule has 0 spiro atoms. The molecule has 9 heteroatoms. The second-order valence-electron chi connectivity index (χ2n) is 8.84. The van der Waals surface area contributed by atoms with Gasteiger partial charge in [-0.2, -0.15) is 0 Å². The van der Waals surface area contributed by atoms with Gasteiger partial charge in [0.2, 0.25) is 0 Å². The SMILES string of the molecule is CCOC(=O)c1cccc(N2C(=O)C(Cl)=C(Nc3ccc(C(=O)Nc4c(C)cc(C)cc4C)cc3)C2=O)c1. The van der Waals surface area contributed by atoms with Gasteiger partial charge < -0.3 is 15.4 Å². The van der Waals surface area contributed by atoms with Crippen molar-refractivity contribution < 1.29 is 23.9 Å². The minimum Gasteiger partial charge on any atom is -0.462 e. The largest absolute Gasteiger partial charge is 0.462 e. The number of imide groups is 1. The van der Waals surface area contributed by atoms with Gasteiger partial charge in [0.05, 0.1) is 17.9 Å². The van der Waals surface area contributed by atoms with Crippen LogP contribution < -0.4 is 15.5 Å². The van der Waals surface area contributed by atoms with E-state index in [1.54, 1.807) is 37.3 Å². The highest BCUT2D eigenvalue weighted by Crippen LogP contribution is 2.31. The van der Waals surface area contributed by atoms with E-state index in [-0.39, 0.29) is 34.5 Å². The van der Waals surface area contributed by atoms with E-state index in [4.69, 9.17) is 16.3 Å². The molecule has 2 N–H and O–H groups in total. The Kier molecular flexibility index (Phi) is 7.64. The summed E-state index contributed by atoms with van der Waals surface area (Å²) >= 11 is 6.23. The molecule has 1 aliphatic heterocycles. The highest BCUT2D eigenvalue weighted by molar-refractivity contribution is 6.53. The van der Waals surface area contributed by atoms with Gasteiger partial charge in [-0.05, 0) is 81.3 Å². The monoisotopic (exact) mass is 531 g/mol. The van der Waals surface area contributed by atoms with E-state index >= 15 is 0 Å². The normalized spacial score (nSPS) is 13.1. The first-order valence-corrected chi connectivity index (χ1v) is 12.3. The van der Waals surface area contributed by atoms with Crippen LogP contribution in [-0.2, 0) is 14.3 Å². The molecule has 0 aromatic heterocycles. The van der Waals surface area contributed by atoms with E-state index in [9.17, 15) is 19.2 Å². The number of benzene rings is 3. The molecular formula is C29H26ClN3O5. The molecule has 38 heavy (non-hydrogen) atoms. The van der Waals surface area contributed by atoms with E-state index in [2.05, 4.69) is 10.6 Å². The Labute approximate surface area is 225 Å². The lowest BCUT2D eigenvalue weighted by molar-refractivity contribution is -0.120. The van der Waals surface area contributed by atoms with Crippen LogP contribution in [0.3, 0.4) is 0 Å². The van der Waals surface area contributed by atoms with Gasteiger partial charge in [0.25, 0.3) is 17.7 Å². The van der Waals surface area contributed by atoms with Crippen LogP contribution in [0.25, 0.3) is 0 Å². The second kappa shape index (κ2) is 10.9. The number of nitrogens with one attached hydrogen (secondary N) is 2. The van der Waals surface area contributed by atoms with Crippen molar-refractivity contribution in [3.8, 4) is 0 Å². The average Bonchev–Trinajstić information content (AvgIpc) is 3.09. The summed E-state index contributed by atoms with van der Waals surface area (Å²) < 4.78 is 4.99. The number of carbonyl (C=O) groups excluding carboxylic acids is 4. The lowest BCUT2D eigenvalue weighted by Crippen LogP contribution is -2.32. The summed E-state index contributed by atoms with van der Waals surface area (Å²) in [6, 6.07) is 16.4. The Balaban J connectivity index is 1.49. The van der Waals surface area contributed by atoms with Crippen LogP contribution >= 0.6 is 11.6 Å². The number of anilines is 3. The molecule has 3 aromatic rings. The number of halogens is 1. The van der Waals surface area contributed by atoms with Crippen LogP contribution in [0.5, 0.6) is 0 Å². The fourth-order valence-electron chi connectivity index (χ4n) is 4.24. The van der Waals surface area contributed by atoms with Gasteiger partial charge in [-0.3, -0.25) is 14.4 Å². The van der Waals surface area contributed by atoms with Crippen molar-refractivity contribution in [2.45, 2.75) is 27.7 Å². The Morgan fingerprint density at radius 3 is 2.18 bits per heavy atom. The van der Waals surface area contributed by atoms with Gasteiger partial charge in [-0.15, -0.1) is 0 Å². The summed E-state index contributed by atoms with van der Waals surface area (Å²) in [5.74, 6) is -2.24. The molecule has 0 atom stereocenters. The zero-order valence-electron chi connectivity index (χ0n) is 21.3. The van der Waals surface area contributed by atoms with Crippen molar-refractivity contribution in [3.05, 3.63) is 99.2 Å². The molecule has 0 radical (unpaired) electrons. The maximum atomic E-state index is 13.1. The smallest absolute Gasteiger partial charge is 0.338 e. The number of hydrogen-bond donors (Lipinski definition) is 2. The fraction of sp³-hybridized carbons (Fsp3) is 0.172. The third-order valence-corrected chi connectivity index (χ3v) is 6.33. The Morgan fingerprint density at radius 2 is 1.55 bits per heavy atom. The standard InChI is InChI=1S/C29H26ClN3O5/c1-5-38-29(37)20-7-6-8-22(15-20)33-27(35)23(30)25(28(33)36)31-21-11-9-19(10-12-21)26(34)32-24-17(3)13-16(2)14-18(24)4/h6-15,31H,5H2,1-4H3,(H,32,34). The number of nitrogens with zero attached hydrogens (tertiary/aromatic N) is 1. The van der Waals surface area contributed by atoms with E-state index in [1.165, 1.54) is 18.2 Å². The summed E-state index contributed by atoms with van der Waals surface area (Å²) in [5.41, 5.74) is 4.98. The molecular weight excluding hydrogens is 506 g/mol. The quantitative estimate of drug-likeness (QED) is 0.309. The zero-order valence-corrected chi connectivity index (χ0v) is 22.1. The molecule has 0 unspecified atom stereocenters. The van der Waals surface area contributed by atoms with Crippen LogP contribution in [0.15, 0.2) is 71.4 Å². The summed E-state index contributed by atoms with van der Waals surface area (Å²) in [5, 5.41) is 5.54. The molecule has 0 bridgehead atoms. The fourth-order valence-corrected chi connectivity index (χ4v) is 4.46. The lowest BCUT2D eigenvalue weighted by atomic mass is 10.0. The lowest BCUT2D eigenvalue weighted by Gasteiger charge is -2.16. The van der Waals surface area contributed by atoms with Crippen molar-refractivity contribution in [1.82, 2.24) is 0 Å². The molecule has 4 rings (SSSR count). The van der Waals surface area contributed by atoms with Crippen molar-refractivity contribution >= 4 is 52.4 Å². The molecule has 3 aromatic carbocycles. The maximum Gasteiger partial charge on any atom is 0.338 e. The molecule has 0 aliphatic carbocycles. The number of rotatable bonds is 7. The topological polar surface area (TPSA) is 105 Å². The van der Waals surface area contributed by atoms with Gasteiger partial charge >= 0.3 is 5.97 Å². The molecule has 194 valence electrons. The third-order valence-electron chi connectivity index (χ3n) is 5.97. The van der Waals surface area contributed by atoms with Gasteiger partial charge in [0, 0.05) is 16.9 Å². The average molecular weight is 532 g/mol. The minimum atomic E-state index is -0.722. The first-order chi connectivity index (χ1) is 18.1. The van der Waals surface area contributed by atoms with Crippen LogP contribution in [0.4, 0.5) is 17.1 Å². The zero-order chi connectivity index (χ0) is 27.6. The van der Waals surface area contributed by atoms with Crippen molar-refractivity contribution in [2.75, 3.05) is 22.1 Å². The molecule has 1 aliphatic rings. The maximum absolute atomic E-state index is 13.1. The molecule has 0 fully saturated rings. The van der Waals surface area contributed by atoms with Gasteiger partial charge in [0.15, 0.2) is 0 Å². The van der Waals surface area contributed by atoms with Crippen LogP contribution in [0.1, 0.15) is 44.3 Å². The number of esters is 1. The predicted octanol–water partition coefficient (Wildman–Crippen LogP) is 5.48. The summed E-state index contributed by atoms with van der Waals surface area (Å²) in [4.78, 5) is 51.7. The molecule has 0 saturated heterocycles. The number of ether oxygens (including phenoxy) is 1. The van der Waals surface area contributed by atoms with Gasteiger partial charge in [-0.1, -0.05) is 35.4 Å². The third kappa shape index (κ3) is 5.31. The highest BCUT2D eigenvalue weighted by Gasteiger charge is 2.39. The summed E-state index contributed by atoms with van der Waals surface area (Å²) in [6.45, 7) is 7.76. The number of carbonyl (C=O) groups is 4. The number of hydrogen-bond acceptors (Lipinski definition) is 6. The van der Waals surface area contributed by atoms with Crippen LogP contribution in [0, 0.1) is 20.8 Å². The molecule has 8 nitrogen and oxygen atoms in total. The van der Waals surface area contributed by atoms with E-state index < -0.39 is 17.8 Å². The molecule has 3 amide bonds. The van der Waals surface area contributed by atoms with Gasteiger partial charge in [-0.25, -0.2) is 9.69 Å². The van der Waals surface area contributed by atoms with Crippen molar-refractivity contribution in [2.24, 2.45) is 0 Å². The first-order valence-electron chi connectivity index (χ1n) is 11.9. The highest BCUT2D eigenvalue weighted by atomic mass is 35.5. The van der Waals surface area contributed by atoms with E-state index in [0.29, 0.717) is 11.3 Å². The Bertz CT molecular complexity index is 1470. The number of amides is 3. The first kappa shape index (κ1) is 26.6. The van der Waals surface area contributed by atoms with E-state index in [0.717, 1.165) is 27.3 Å². The van der Waals surface area contributed by atoms with Crippen molar-refractivity contribution in [3.63, 3.8) is 0 Å². The van der Waals surface area contributed by atoms with E-state index in [1.807, 2.05) is 32.9 Å². The van der Waals surface area contributed by atoms with Crippen LogP contribution in [-0.4, -0.2) is 30.3 Å². The van der Waals surface area contributed by atoms with Gasteiger partial charge in [0.1, 0.15) is 10.7 Å². The Hall–Kier alpha value is -4.43. The summed E-state index contributed by atoms with van der Waals surface area (Å²) in [6.07, 6.45) is 0. The molecule has 0 saturated carbocycles. The second-order valence-corrected chi connectivity index (χ2v) is 9.21. The molecule has 1 heterocycles. The predicted molar refractivity (Wildman–Crippen MR) is 146 cm³/mol.